The molecule has 3 heteroatoms. The summed E-state index contributed by atoms with van der Waals surface area (Å²) >= 11 is 0. The second kappa shape index (κ2) is 4.36. The summed E-state index contributed by atoms with van der Waals surface area (Å²) in [5.41, 5.74) is 9.06. The van der Waals surface area contributed by atoms with Crippen LogP contribution in [0.25, 0.3) is 11.0 Å². The number of para-hydroxylation sites is 1. The number of hydrogen-bond acceptors (Lipinski definition) is 3. The fourth-order valence-corrected chi connectivity index (χ4v) is 1.64. The molecule has 0 bridgehead atoms. The molecule has 2 rings (SSSR count). The molecule has 2 aromatic rings. The van der Waals surface area contributed by atoms with E-state index in [4.69, 9.17) is 5.73 Å². The number of rotatable bonds is 3. The quantitative estimate of drug-likeness (QED) is 0.825. The van der Waals surface area contributed by atoms with Crippen LogP contribution in [0, 0.1) is 0 Å². The number of nitrogens with two attached hydrogens (primary N) is 1. The van der Waals surface area contributed by atoms with Crippen molar-refractivity contribution in [3.05, 3.63) is 36.2 Å². The van der Waals surface area contributed by atoms with Crippen LogP contribution in [0.15, 0.2) is 30.6 Å². The molecule has 78 valence electrons. The minimum atomic E-state index is 0.206. The first kappa shape index (κ1) is 10.1. The Labute approximate surface area is 89.4 Å². The van der Waals surface area contributed by atoms with Gasteiger partial charge in [0.2, 0.25) is 0 Å². The molecule has 1 atom stereocenters. The standard InChI is InChI=1S/C12H15N3/c1-2-10(13)8-9-4-3-5-11-12(9)15-7-6-14-11/h3-7,10H,2,8,13H2,1H3. The van der Waals surface area contributed by atoms with Gasteiger partial charge in [0, 0.05) is 18.4 Å². The Morgan fingerprint density at radius 2 is 2.07 bits per heavy atom. The van der Waals surface area contributed by atoms with Gasteiger partial charge >= 0.3 is 0 Å². The summed E-state index contributed by atoms with van der Waals surface area (Å²) in [5.74, 6) is 0. The molecule has 1 aromatic heterocycles. The first-order chi connectivity index (χ1) is 7.31. The lowest BCUT2D eigenvalue weighted by Gasteiger charge is -2.09. The van der Waals surface area contributed by atoms with Crippen molar-refractivity contribution in [3.8, 4) is 0 Å². The van der Waals surface area contributed by atoms with E-state index in [0.29, 0.717) is 0 Å². The van der Waals surface area contributed by atoms with Gasteiger partial charge in [0.1, 0.15) is 0 Å². The van der Waals surface area contributed by atoms with E-state index in [0.717, 1.165) is 23.9 Å². The highest BCUT2D eigenvalue weighted by Crippen LogP contribution is 2.15. The molecule has 0 fully saturated rings. The minimum Gasteiger partial charge on any atom is -0.327 e. The zero-order chi connectivity index (χ0) is 10.7. The van der Waals surface area contributed by atoms with E-state index in [1.165, 1.54) is 5.56 Å². The van der Waals surface area contributed by atoms with Gasteiger partial charge in [0.25, 0.3) is 0 Å². The maximum atomic E-state index is 5.95. The number of aromatic nitrogens is 2. The smallest absolute Gasteiger partial charge is 0.0919 e. The SMILES string of the molecule is CCC(N)Cc1cccc2nccnc12. The number of nitrogens with zero attached hydrogens (tertiary/aromatic N) is 2. The van der Waals surface area contributed by atoms with E-state index >= 15 is 0 Å². The highest BCUT2D eigenvalue weighted by atomic mass is 14.8. The number of benzene rings is 1. The molecule has 1 aromatic carbocycles. The molecule has 0 aliphatic rings. The van der Waals surface area contributed by atoms with Crippen LogP contribution in [0.1, 0.15) is 18.9 Å². The van der Waals surface area contributed by atoms with Gasteiger partial charge in [-0.25, -0.2) is 0 Å². The van der Waals surface area contributed by atoms with E-state index in [2.05, 4.69) is 23.0 Å². The first-order valence-electron chi connectivity index (χ1n) is 5.25. The maximum absolute atomic E-state index is 5.95. The van der Waals surface area contributed by atoms with Crippen molar-refractivity contribution in [2.75, 3.05) is 0 Å². The lowest BCUT2D eigenvalue weighted by molar-refractivity contribution is 0.648. The van der Waals surface area contributed by atoms with Gasteiger partial charge in [-0.15, -0.1) is 0 Å². The van der Waals surface area contributed by atoms with E-state index in [1.807, 2.05) is 12.1 Å². The Kier molecular flexibility index (Phi) is 2.92. The van der Waals surface area contributed by atoms with Crippen molar-refractivity contribution in [1.82, 2.24) is 9.97 Å². The number of hydrogen-bond donors (Lipinski definition) is 1. The normalized spacial score (nSPS) is 12.9. The van der Waals surface area contributed by atoms with Gasteiger partial charge in [-0.1, -0.05) is 19.1 Å². The monoisotopic (exact) mass is 201 g/mol. The third-order valence-electron chi connectivity index (χ3n) is 2.59. The van der Waals surface area contributed by atoms with Crippen molar-refractivity contribution in [1.29, 1.82) is 0 Å². The van der Waals surface area contributed by atoms with Crippen LogP contribution in [0.5, 0.6) is 0 Å². The summed E-state index contributed by atoms with van der Waals surface area (Å²) in [6.07, 6.45) is 5.29. The molecule has 0 saturated heterocycles. The first-order valence-corrected chi connectivity index (χ1v) is 5.25. The van der Waals surface area contributed by atoms with Crippen LogP contribution < -0.4 is 5.73 Å². The third kappa shape index (κ3) is 2.13. The second-order valence-electron chi connectivity index (χ2n) is 3.71. The average Bonchev–Trinajstić information content (AvgIpc) is 2.29. The van der Waals surface area contributed by atoms with Crippen LogP contribution in [-0.4, -0.2) is 16.0 Å². The van der Waals surface area contributed by atoms with Gasteiger partial charge in [0.05, 0.1) is 11.0 Å². The Balaban J connectivity index is 2.42. The predicted octanol–water partition coefficient (Wildman–Crippen LogP) is 1.91. The lowest BCUT2D eigenvalue weighted by Crippen LogP contribution is -2.21. The Morgan fingerprint density at radius 1 is 1.27 bits per heavy atom. The summed E-state index contributed by atoms with van der Waals surface area (Å²) in [6.45, 7) is 2.10. The Hall–Kier alpha value is -1.48. The van der Waals surface area contributed by atoms with Crippen molar-refractivity contribution in [2.45, 2.75) is 25.8 Å². The Morgan fingerprint density at radius 3 is 2.87 bits per heavy atom. The maximum Gasteiger partial charge on any atom is 0.0919 e. The van der Waals surface area contributed by atoms with E-state index < -0.39 is 0 Å². The van der Waals surface area contributed by atoms with E-state index in [1.54, 1.807) is 12.4 Å². The topological polar surface area (TPSA) is 51.8 Å². The molecule has 0 amide bonds. The lowest BCUT2D eigenvalue weighted by atomic mass is 10.0. The van der Waals surface area contributed by atoms with Crippen LogP contribution in [-0.2, 0) is 6.42 Å². The molecule has 1 unspecified atom stereocenters. The molecular weight excluding hydrogens is 186 g/mol. The summed E-state index contributed by atoms with van der Waals surface area (Å²) in [4.78, 5) is 8.62. The van der Waals surface area contributed by atoms with Crippen LogP contribution in [0.2, 0.25) is 0 Å². The fourth-order valence-electron chi connectivity index (χ4n) is 1.64. The van der Waals surface area contributed by atoms with Gasteiger partial charge < -0.3 is 5.73 Å². The highest BCUT2D eigenvalue weighted by molar-refractivity contribution is 5.77. The largest absolute Gasteiger partial charge is 0.327 e. The zero-order valence-corrected chi connectivity index (χ0v) is 8.85. The summed E-state index contributed by atoms with van der Waals surface area (Å²) in [7, 11) is 0. The molecule has 0 aliphatic carbocycles. The van der Waals surface area contributed by atoms with Gasteiger partial charge in [-0.3, -0.25) is 9.97 Å². The molecule has 0 aliphatic heterocycles. The summed E-state index contributed by atoms with van der Waals surface area (Å²) in [6, 6.07) is 6.27. The second-order valence-corrected chi connectivity index (χ2v) is 3.71. The van der Waals surface area contributed by atoms with E-state index in [-0.39, 0.29) is 6.04 Å². The molecule has 3 nitrogen and oxygen atoms in total. The van der Waals surface area contributed by atoms with Crippen molar-refractivity contribution < 1.29 is 0 Å². The molecule has 2 N–H and O–H groups in total. The minimum absolute atomic E-state index is 0.206. The predicted molar refractivity (Wildman–Crippen MR) is 61.5 cm³/mol. The van der Waals surface area contributed by atoms with Gasteiger partial charge in [-0.05, 0) is 24.5 Å². The fraction of sp³-hybridized carbons (Fsp3) is 0.333. The van der Waals surface area contributed by atoms with Crippen LogP contribution in [0.3, 0.4) is 0 Å². The Bertz CT molecular complexity index is 448. The molecule has 0 radical (unpaired) electrons. The summed E-state index contributed by atoms with van der Waals surface area (Å²) < 4.78 is 0. The molecule has 0 spiro atoms. The van der Waals surface area contributed by atoms with Gasteiger partial charge in [0.15, 0.2) is 0 Å². The van der Waals surface area contributed by atoms with E-state index in [9.17, 15) is 0 Å². The van der Waals surface area contributed by atoms with Gasteiger partial charge in [-0.2, -0.15) is 0 Å². The number of fused-ring (bicyclic) bond motifs is 1. The van der Waals surface area contributed by atoms with Crippen molar-refractivity contribution >= 4 is 11.0 Å². The van der Waals surface area contributed by atoms with Crippen molar-refractivity contribution in [2.24, 2.45) is 5.73 Å². The van der Waals surface area contributed by atoms with Crippen LogP contribution >= 0.6 is 0 Å². The molecule has 1 heterocycles. The van der Waals surface area contributed by atoms with Crippen LogP contribution in [0.4, 0.5) is 0 Å². The molecule has 15 heavy (non-hydrogen) atoms. The average molecular weight is 201 g/mol. The zero-order valence-electron chi connectivity index (χ0n) is 8.85. The molecule has 0 saturated carbocycles. The third-order valence-corrected chi connectivity index (χ3v) is 2.59. The summed E-state index contributed by atoms with van der Waals surface area (Å²) in [5, 5.41) is 0. The molecular formula is C12H15N3. The van der Waals surface area contributed by atoms with Crippen molar-refractivity contribution in [3.63, 3.8) is 0 Å². The highest BCUT2D eigenvalue weighted by Gasteiger charge is 2.06.